The fourth-order valence-corrected chi connectivity index (χ4v) is 5.42. The van der Waals surface area contributed by atoms with E-state index in [2.05, 4.69) is 27.8 Å². The predicted molar refractivity (Wildman–Crippen MR) is 93.8 cm³/mol. The highest BCUT2D eigenvalue weighted by atomic mass is 79.9. The molecule has 2 atom stereocenters. The SMILES string of the molecule is CC(C)=C(C(=O)OCc1ccccc1)N1CC2(Br)CSC12C. The smallest absolute Gasteiger partial charge is 0.354 e. The number of fused-ring (bicyclic) bond motifs is 1. The zero-order valence-corrected chi connectivity index (χ0v) is 15.5. The molecule has 1 aromatic carbocycles. The van der Waals surface area contributed by atoms with E-state index < -0.39 is 0 Å². The van der Waals surface area contributed by atoms with Gasteiger partial charge in [0.05, 0.1) is 4.32 Å². The maximum absolute atomic E-state index is 12.6. The first kappa shape index (κ1) is 15.9. The second kappa shape index (κ2) is 5.60. The number of esters is 1. The Kier molecular flexibility index (Phi) is 4.06. The number of ether oxygens (including phenoxy) is 1. The van der Waals surface area contributed by atoms with Crippen LogP contribution < -0.4 is 0 Å². The molecule has 0 saturated carbocycles. The van der Waals surface area contributed by atoms with E-state index in [1.165, 1.54) is 0 Å². The topological polar surface area (TPSA) is 29.5 Å². The van der Waals surface area contributed by atoms with Gasteiger partial charge in [-0.15, -0.1) is 11.8 Å². The molecular formula is C17H20BrNO2S. The number of carbonyl (C=O) groups excluding carboxylic acids is 1. The van der Waals surface area contributed by atoms with E-state index in [-0.39, 0.29) is 15.2 Å². The summed E-state index contributed by atoms with van der Waals surface area (Å²) in [7, 11) is 0. The molecule has 2 aliphatic rings. The molecule has 2 saturated heterocycles. The van der Waals surface area contributed by atoms with Crippen LogP contribution in [0.1, 0.15) is 26.3 Å². The second-order valence-electron chi connectivity index (χ2n) is 6.23. The Morgan fingerprint density at radius 3 is 2.50 bits per heavy atom. The fourth-order valence-electron chi connectivity index (χ4n) is 2.93. The predicted octanol–water partition coefficient (Wildman–Crippen LogP) is 3.94. The standard InChI is InChI=1S/C17H20BrNO2S/c1-12(2)14(19-10-17(18)11-22-16(17,19)3)15(20)21-9-13-7-5-4-6-8-13/h4-8H,9-11H2,1-3H3. The monoisotopic (exact) mass is 381 g/mol. The minimum Gasteiger partial charge on any atom is -0.456 e. The van der Waals surface area contributed by atoms with E-state index in [0.29, 0.717) is 12.3 Å². The van der Waals surface area contributed by atoms with E-state index in [9.17, 15) is 4.79 Å². The van der Waals surface area contributed by atoms with Crippen molar-refractivity contribution in [2.75, 3.05) is 12.3 Å². The van der Waals surface area contributed by atoms with Gasteiger partial charge in [0.2, 0.25) is 0 Å². The highest BCUT2D eigenvalue weighted by Gasteiger charge is 2.69. The molecule has 3 rings (SSSR count). The van der Waals surface area contributed by atoms with Gasteiger partial charge in [0, 0.05) is 12.3 Å². The summed E-state index contributed by atoms with van der Waals surface area (Å²) in [5.74, 6) is 0.863. The zero-order chi connectivity index (χ0) is 16.0. The highest BCUT2D eigenvalue weighted by molar-refractivity contribution is 9.10. The molecule has 0 N–H and O–H groups in total. The van der Waals surface area contributed by atoms with Crippen LogP contribution in [-0.2, 0) is 16.1 Å². The lowest BCUT2D eigenvalue weighted by Crippen LogP contribution is -2.80. The molecule has 1 aromatic rings. The molecule has 2 fully saturated rings. The van der Waals surface area contributed by atoms with E-state index in [0.717, 1.165) is 23.4 Å². The zero-order valence-electron chi connectivity index (χ0n) is 13.1. The van der Waals surface area contributed by atoms with Crippen molar-refractivity contribution in [3.8, 4) is 0 Å². The summed E-state index contributed by atoms with van der Waals surface area (Å²) in [6.45, 7) is 7.30. The summed E-state index contributed by atoms with van der Waals surface area (Å²) in [6.07, 6.45) is 0. The van der Waals surface area contributed by atoms with Crippen molar-refractivity contribution in [2.45, 2.75) is 36.6 Å². The molecular weight excluding hydrogens is 362 g/mol. The fraction of sp³-hybridized carbons (Fsp3) is 0.471. The average molecular weight is 382 g/mol. The summed E-state index contributed by atoms with van der Waals surface area (Å²) in [6, 6.07) is 9.78. The number of halogens is 1. The van der Waals surface area contributed by atoms with Crippen molar-refractivity contribution in [1.29, 1.82) is 0 Å². The molecule has 0 amide bonds. The summed E-state index contributed by atoms with van der Waals surface area (Å²) < 4.78 is 5.67. The van der Waals surface area contributed by atoms with Crippen molar-refractivity contribution >= 4 is 33.7 Å². The number of allylic oxidation sites excluding steroid dienone is 1. The molecule has 3 nitrogen and oxygen atoms in total. The Balaban J connectivity index is 1.71. The number of likely N-dealkylation sites (tertiary alicyclic amines) is 1. The van der Waals surface area contributed by atoms with Gasteiger partial charge >= 0.3 is 5.97 Å². The molecule has 2 heterocycles. The Hall–Kier alpha value is -0.940. The summed E-state index contributed by atoms with van der Waals surface area (Å²) >= 11 is 5.70. The molecule has 0 bridgehead atoms. The molecule has 2 unspecified atom stereocenters. The number of hydrogen-bond acceptors (Lipinski definition) is 4. The Morgan fingerprint density at radius 2 is 2.05 bits per heavy atom. The highest BCUT2D eigenvalue weighted by Crippen LogP contribution is 2.64. The van der Waals surface area contributed by atoms with E-state index in [4.69, 9.17) is 4.74 Å². The van der Waals surface area contributed by atoms with Gasteiger partial charge in [-0.05, 0) is 31.9 Å². The maximum atomic E-state index is 12.6. The van der Waals surface area contributed by atoms with Gasteiger partial charge in [-0.1, -0.05) is 46.3 Å². The molecule has 118 valence electrons. The summed E-state index contributed by atoms with van der Waals surface area (Å²) in [4.78, 5) is 14.7. The van der Waals surface area contributed by atoms with Gasteiger partial charge < -0.3 is 9.64 Å². The third kappa shape index (κ3) is 2.38. The maximum Gasteiger partial charge on any atom is 0.354 e. The van der Waals surface area contributed by atoms with E-state index in [1.807, 2.05) is 55.9 Å². The van der Waals surface area contributed by atoms with Crippen LogP contribution in [0.5, 0.6) is 0 Å². The third-order valence-electron chi connectivity index (χ3n) is 4.49. The van der Waals surface area contributed by atoms with E-state index in [1.54, 1.807) is 0 Å². The molecule has 5 heteroatoms. The first-order chi connectivity index (χ1) is 10.4. The molecule has 0 aliphatic carbocycles. The first-order valence-corrected chi connectivity index (χ1v) is 9.14. The average Bonchev–Trinajstić information content (AvgIpc) is 2.51. The number of benzene rings is 1. The van der Waals surface area contributed by atoms with Gasteiger partial charge in [-0.25, -0.2) is 4.79 Å². The minimum absolute atomic E-state index is 0.0363. The lowest BCUT2D eigenvalue weighted by molar-refractivity contribution is -0.144. The van der Waals surface area contributed by atoms with Crippen LogP contribution in [0.2, 0.25) is 0 Å². The lowest BCUT2D eigenvalue weighted by Gasteiger charge is -2.70. The Morgan fingerprint density at radius 1 is 1.36 bits per heavy atom. The number of rotatable bonds is 4. The number of carbonyl (C=O) groups is 1. The molecule has 0 spiro atoms. The van der Waals surface area contributed by atoms with Crippen molar-refractivity contribution in [3.05, 3.63) is 47.2 Å². The van der Waals surface area contributed by atoms with Crippen LogP contribution >= 0.6 is 27.7 Å². The number of alkyl halides is 1. The van der Waals surface area contributed by atoms with Crippen LogP contribution in [0.15, 0.2) is 41.6 Å². The minimum atomic E-state index is -0.230. The molecule has 0 radical (unpaired) electrons. The molecule has 22 heavy (non-hydrogen) atoms. The van der Waals surface area contributed by atoms with Crippen molar-refractivity contribution in [1.82, 2.24) is 4.90 Å². The molecule has 2 aliphatic heterocycles. The Labute approximate surface area is 144 Å². The van der Waals surface area contributed by atoms with Crippen LogP contribution in [0.25, 0.3) is 0 Å². The number of thioether (sulfide) groups is 1. The number of nitrogens with zero attached hydrogens (tertiary/aromatic N) is 1. The van der Waals surface area contributed by atoms with Gasteiger partial charge in [-0.3, -0.25) is 0 Å². The van der Waals surface area contributed by atoms with Crippen LogP contribution in [0, 0.1) is 0 Å². The Bertz CT molecular complexity index is 629. The number of hydrogen-bond donors (Lipinski definition) is 0. The van der Waals surface area contributed by atoms with Crippen molar-refractivity contribution < 1.29 is 9.53 Å². The van der Waals surface area contributed by atoms with Crippen LogP contribution in [0.3, 0.4) is 0 Å². The second-order valence-corrected chi connectivity index (χ2v) is 9.12. The largest absolute Gasteiger partial charge is 0.456 e. The van der Waals surface area contributed by atoms with E-state index >= 15 is 0 Å². The van der Waals surface area contributed by atoms with Gasteiger partial charge in [-0.2, -0.15) is 0 Å². The van der Waals surface area contributed by atoms with Gasteiger partial charge in [0.25, 0.3) is 0 Å². The van der Waals surface area contributed by atoms with Crippen LogP contribution in [-0.4, -0.2) is 32.4 Å². The van der Waals surface area contributed by atoms with Crippen LogP contribution in [0.4, 0.5) is 0 Å². The third-order valence-corrected chi connectivity index (χ3v) is 8.23. The van der Waals surface area contributed by atoms with Gasteiger partial charge in [0.1, 0.15) is 17.2 Å². The summed E-state index contributed by atoms with van der Waals surface area (Å²) in [5.41, 5.74) is 2.72. The van der Waals surface area contributed by atoms with Crippen molar-refractivity contribution in [2.24, 2.45) is 0 Å². The van der Waals surface area contributed by atoms with Gasteiger partial charge in [0.15, 0.2) is 0 Å². The normalized spacial score (nSPS) is 29.0. The summed E-state index contributed by atoms with van der Waals surface area (Å²) in [5, 5.41) is 0. The lowest BCUT2D eigenvalue weighted by atomic mass is 9.87. The first-order valence-electron chi connectivity index (χ1n) is 7.36. The van der Waals surface area contributed by atoms with Crippen molar-refractivity contribution in [3.63, 3.8) is 0 Å². The quantitative estimate of drug-likeness (QED) is 0.448. The molecule has 0 aromatic heterocycles.